The predicted molar refractivity (Wildman–Crippen MR) is 125 cm³/mol. The minimum absolute atomic E-state index is 0.0415. The van der Waals surface area contributed by atoms with Crippen molar-refractivity contribution in [1.29, 1.82) is 0 Å². The molecule has 2 aromatic heterocycles. The largest absolute Gasteiger partial charge is 0.450 e. The minimum atomic E-state index is -0.710. The van der Waals surface area contributed by atoms with Crippen molar-refractivity contribution in [3.05, 3.63) is 87.4 Å². The zero-order valence-electron chi connectivity index (χ0n) is 18.6. The average Bonchev–Trinajstić information content (AvgIpc) is 3.28. The van der Waals surface area contributed by atoms with E-state index in [9.17, 15) is 9.59 Å². The van der Waals surface area contributed by atoms with Crippen LogP contribution in [0.5, 0.6) is 0 Å². The molecule has 8 heteroatoms. The van der Waals surface area contributed by atoms with Crippen LogP contribution >= 0.6 is 11.6 Å². The van der Waals surface area contributed by atoms with Gasteiger partial charge in [-0.3, -0.25) is 9.48 Å². The summed E-state index contributed by atoms with van der Waals surface area (Å²) in [5, 5.41) is 8.53. The maximum Gasteiger partial charge on any atom is 0.375 e. The standard InChI is InChI=1S/C25H24ClN3O4/c1-15-19-10-7-11-21(26)24(19)33-23(15)25(31)32-14-22(30)27-12-20-16(2)28-29(17(20)3)13-18-8-5-4-6-9-18/h4-11H,12-14H2,1-3H3,(H,27,30). The van der Waals surface area contributed by atoms with E-state index >= 15 is 0 Å². The Balaban J connectivity index is 1.35. The second kappa shape index (κ2) is 9.50. The summed E-state index contributed by atoms with van der Waals surface area (Å²) in [4.78, 5) is 24.8. The van der Waals surface area contributed by atoms with Gasteiger partial charge < -0.3 is 14.5 Å². The van der Waals surface area contributed by atoms with Gasteiger partial charge in [-0.05, 0) is 32.4 Å². The normalized spacial score (nSPS) is 11.0. The van der Waals surface area contributed by atoms with E-state index in [2.05, 4.69) is 10.4 Å². The van der Waals surface area contributed by atoms with Crippen LogP contribution in [0.1, 0.15) is 38.6 Å². The lowest BCUT2D eigenvalue weighted by Gasteiger charge is -2.08. The SMILES string of the molecule is Cc1nn(Cc2ccccc2)c(C)c1CNC(=O)COC(=O)c1oc2c(Cl)cccc2c1C. The molecular formula is C25H24ClN3O4. The molecule has 0 bridgehead atoms. The summed E-state index contributed by atoms with van der Waals surface area (Å²) in [6.45, 7) is 6.16. The Morgan fingerprint density at radius 2 is 1.85 bits per heavy atom. The molecule has 0 unspecified atom stereocenters. The first-order valence-corrected chi connectivity index (χ1v) is 10.9. The van der Waals surface area contributed by atoms with Gasteiger partial charge in [0.25, 0.3) is 5.91 Å². The molecule has 0 saturated heterocycles. The number of esters is 1. The third kappa shape index (κ3) is 4.78. The van der Waals surface area contributed by atoms with Crippen molar-refractivity contribution in [2.24, 2.45) is 0 Å². The number of carbonyl (C=O) groups is 2. The van der Waals surface area contributed by atoms with Crippen LogP contribution in [0, 0.1) is 20.8 Å². The molecular weight excluding hydrogens is 442 g/mol. The van der Waals surface area contributed by atoms with Crippen LogP contribution in [0.2, 0.25) is 5.02 Å². The molecule has 0 aliphatic rings. The Labute approximate surface area is 196 Å². The highest BCUT2D eigenvalue weighted by Gasteiger charge is 2.21. The van der Waals surface area contributed by atoms with E-state index in [1.807, 2.05) is 54.9 Å². The molecule has 4 rings (SSSR count). The van der Waals surface area contributed by atoms with E-state index in [0.29, 0.717) is 29.3 Å². The number of para-hydroxylation sites is 1. The third-order valence-corrected chi connectivity index (χ3v) is 5.90. The molecule has 0 saturated carbocycles. The monoisotopic (exact) mass is 465 g/mol. The van der Waals surface area contributed by atoms with Gasteiger partial charge in [0, 0.05) is 28.8 Å². The summed E-state index contributed by atoms with van der Waals surface area (Å²) < 4.78 is 12.7. The molecule has 1 amide bonds. The number of fused-ring (bicyclic) bond motifs is 1. The number of hydrogen-bond acceptors (Lipinski definition) is 5. The number of nitrogens with zero attached hydrogens (tertiary/aromatic N) is 2. The Morgan fingerprint density at radius 1 is 1.09 bits per heavy atom. The van der Waals surface area contributed by atoms with Gasteiger partial charge in [-0.15, -0.1) is 0 Å². The first-order chi connectivity index (χ1) is 15.8. The van der Waals surface area contributed by atoms with Crippen molar-refractivity contribution in [3.8, 4) is 0 Å². The maximum absolute atomic E-state index is 12.5. The van der Waals surface area contributed by atoms with E-state index in [-0.39, 0.29) is 5.76 Å². The molecule has 0 aliphatic carbocycles. The van der Waals surface area contributed by atoms with Crippen LogP contribution in [-0.4, -0.2) is 28.3 Å². The molecule has 0 aliphatic heterocycles. The summed E-state index contributed by atoms with van der Waals surface area (Å²) in [5.74, 6) is -1.08. The van der Waals surface area contributed by atoms with Crippen molar-refractivity contribution in [2.45, 2.75) is 33.9 Å². The maximum atomic E-state index is 12.5. The second-order valence-electron chi connectivity index (χ2n) is 7.82. The zero-order chi connectivity index (χ0) is 23.5. The summed E-state index contributed by atoms with van der Waals surface area (Å²) >= 11 is 6.13. The molecule has 2 heterocycles. The molecule has 0 atom stereocenters. The van der Waals surface area contributed by atoms with Crippen LogP contribution < -0.4 is 5.32 Å². The number of aromatic nitrogens is 2. The summed E-state index contributed by atoms with van der Waals surface area (Å²) in [7, 11) is 0. The number of aryl methyl sites for hydroxylation is 2. The van der Waals surface area contributed by atoms with Gasteiger partial charge in [0.15, 0.2) is 12.2 Å². The Kier molecular flexibility index (Phi) is 6.51. The summed E-state index contributed by atoms with van der Waals surface area (Å²) in [6.07, 6.45) is 0. The third-order valence-electron chi connectivity index (χ3n) is 5.60. The van der Waals surface area contributed by atoms with Crippen molar-refractivity contribution < 1.29 is 18.7 Å². The van der Waals surface area contributed by atoms with E-state index in [1.54, 1.807) is 19.1 Å². The highest BCUT2D eigenvalue weighted by molar-refractivity contribution is 6.35. The topological polar surface area (TPSA) is 86.4 Å². The average molecular weight is 466 g/mol. The number of hydrogen-bond donors (Lipinski definition) is 1. The number of furan rings is 1. The quantitative estimate of drug-likeness (QED) is 0.399. The van der Waals surface area contributed by atoms with Crippen molar-refractivity contribution in [3.63, 3.8) is 0 Å². The molecule has 4 aromatic rings. The number of nitrogens with one attached hydrogen (secondary N) is 1. The second-order valence-corrected chi connectivity index (χ2v) is 8.23. The molecule has 170 valence electrons. The number of ether oxygens (including phenoxy) is 1. The molecule has 0 spiro atoms. The van der Waals surface area contributed by atoms with E-state index in [1.165, 1.54) is 0 Å². The lowest BCUT2D eigenvalue weighted by Crippen LogP contribution is -2.28. The highest BCUT2D eigenvalue weighted by atomic mass is 35.5. The molecule has 2 aromatic carbocycles. The number of rotatable bonds is 7. The highest BCUT2D eigenvalue weighted by Crippen LogP contribution is 2.31. The first-order valence-electron chi connectivity index (χ1n) is 10.5. The number of carbonyl (C=O) groups excluding carboxylic acids is 2. The van der Waals surface area contributed by atoms with Gasteiger partial charge in [-0.1, -0.05) is 54.1 Å². The number of benzene rings is 2. The Bertz CT molecular complexity index is 1320. The molecule has 0 fully saturated rings. The number of amides is 1. The lowest BCUT2D eigenvalue weighted by atomic mass is 10.1. The minimum Gasteiger partial charge on any atom is -0.450 e. The van der Waals surface area contributed by atoms with E-state index < -0.39 is 18.5 Å². The molecule has 7 nitrogen and oxygen atoms in total. The van der Waals surface area contributed by atoms with E-state index in [4.69, 9.17) is 20.8 Å². The number of halogens is 1. The smallest absolute Gasteiger partial charge is 0.375 e. The fraction of sp³-hybridized carbons (Fsp3) is 0.240. The molecule has 1 N–H and O–H groups in total. The summed E-state index contributed by atoms with van der Waals surface area (Å²) in [5.41, 5.74) is 4.95. The van der Waals surface area contributed by atoms with Gasteiger partial charge in [0.05, 0.1) is 17.3 Å². The van der Waals surface area contributed by atoms with Crippen LogP contribution in [-0.2, 0) is 22.6 Å². The Hall–Kier alpha value is -3.58. The van der Waals surface area contributed by atoms with Crippen molar-refractivity contribution in [1.82, 2.24) is 15.1 Å². The predicted octanol–water partition coefficient (Wildman–Crippen LogP) is 4.73. The molecule has 0 radical (unpaired) electrons. The first kappa shape index (κ1) is 22.6. The zero-order valence-corrected chi connectivity index (χ0v) is 19.4. The van der Waals surface area contributed by atoms with Crippen molar-refractivity contribution >= 4 is 34.4 Å². The van der Waals surface area contributed by atoms with Crippen LogP contribution in [0.15, 0.2) is 52.9 Å². The van der Waals surface area contributed by atoms with Crippen molar-refractivity contribution in [2.75, 3.05) is 6.61 Å². The van der Waals surface area contributed by atoms with Crippen LogP contribution in [0.4, 0.5) is 0 Å². The van der Waals surface area contributed by atoms with Gasteiger partial charge in [-0.25, -0.2) is 4.79 Å². The van der Waals surface area contributed by atoms with Crippen LogP contribution in [0.3, 0.4) is 0 Å². The molecule has 33 heavy (non-hydrogen) atoms. The summed E-state index contributed by atoms with van der Waals surface area (Å²) in [6, 6.07) is 15.3. The fourth-order valence-electron chi connectivity index (χ4n) is 3.74. The van der Waals surface area contributed by atoms with Gasteiger partial charge in [0.2, 0.25) is 5.76 Å². The Morgan fingerprint density at radius 3 is 2.58 bits per heavy atom. The van der Waals surface area contributed by atoms with Gasteiger partial charge in [-0.2, -0.15) is 5.10 Å². The van der Waals surface area contributed by atoms with Gasteiger partial charge in [0.1, 0.15) is 0 Å². The fourth-order valence-corrected chi connectivity index (χ4v) is 3.95. The van der Waals surface area contributed by atoms with Gasteiger partial charge >= 0.3 is 5.97 Å². The van der Waals surface area contributed by atoms with E-state index in [0.717, 1.165) is 27.9 Å². The lowest BCUT2D eigenvalue weighted by molar-refractivity contribution is -0.124. The van der Waals surface area contributed by atoms with Crippen LogP contribution in [0.25, 0.3) is 11.0 Å².